The van der Waals surface area contributed by atoms with Gasteiger partial charge < -0.3 is 4.90 Å². The molecular formula is C21H33N3O. The van der Waals surface area contributed by atoms with Crippen molar-refractivity contribution in [3.63, 3.8) is 0 Å². The molecule has 1 amide bonds. The van der Waals surface area contributed by atoms with E-state index in [-0.39, 0.29) is 5.91 Å². The molecule has 2 aliphatic rings. The van der Waals surface area contributed by atoms with E-state index in [0.29, 0.717) is 6.04 Å². The zero-order valence-corrected chi connectivity index (χ0v) is 15.9. The summed E-state index contributed by atoms with van der Waals surface area (Å²) >= 11 is 0. The van der Waals surface area contributed by atoms with Gasteiger partial charge in [-0.25, -0.2) is 0 Å². The van der Waals surface area contributed by atoms with E-state index in [1.54, 1.807) is 0 Å². The average Bonchev–Trinajstić information content (AvgIpc) is 2.97. The van der Waals surface area contributed by atoms with E-state index < -0.39 is 0 Å². The fourth-order valence-electron chi connectivity index (χ4n) is 4.38. The molecule has 1 aromatic rings. The molecule has 1 aromatic carbocycles. The summed E-state index contributed by atoms with van der Waals surface area (Å²) in [5.74, 6) is 0.218. The Balaban J connectivity index is 1.58. The summed E-state index contributed by atoms with van der Waals surface area (Å²) in [6.07, 6.45) is 4.66. The first kappa shape index (κ1) is 18.4. The minimum absolute atomic E-state index is 0.218. The van der Waals surface area contributed by atoms with Gasteiger partial charge in [-0.05, 0) is 56.9 Å². The number of hydrogen-bond donors (Lipinski definition) is 0. The highest BCUT2D eigenvalue weighted by molar-refractivity contribution is 5.95. The largest absolute Gasteiger partial charge is 0.337 e. The summed E-state index contributed by atoms with van der Waals surface area (Å²) in [5.41, 5.74) is 2.06. The Morgan fingerprint density at radius 1 is 1.04 bits per heavy atom. The van der Waals surface area contributed by atoms with Crippen molar-refractivity contribution in [2.24, 2.45) is 0 Å². The molecule has 0 bridgehead atoms. The van der Waals surface area contributed by atoms with E-state index in [0.717, 1.165) is 56.7 Å². The molecule has 3 rings (SSSR count). The van der Waals surface area contributed by atoms with Crippen molar-refractivity contribution in [2.45, 2.75) is 45.6 Å². The Kier molecular flexibility index (Phi) is 6.49. The van der Waals surface area contributed by atoms with Gasteiger partial charge in [0.2, 0.25) is 0 Å². The Hall–Kier alpha value is -1.39. The Bertz CT molecular complexity index is 574. The van der Waals surface area contributed by atoms with Crippen LogP contribution < -0.4 is 0 Å². The molecule has 2 aliphatic heterocycles. The lowest BCUT2D eigenvalue weighted by atomic mass is 10.0. The summed E-state index contributed by atoms with van der Waals surface area (Å²) in [7, 11) is 0. The van der Waals surface area contributed by atoms with Crippen LogP contribution in [-0.2, 0) is 6.42 Å². The van der Waals surface area contributed by atoms with Crippen molar-refractivity contribution in [1.82, 2.24) is 14.7 Å². The maximum absolute atomic E-state index is 13.0. The van der Waals surface area contributed by atoms with Crippen LogP contribution in [0.15, 0.2) is 24.3 Å². The molecule has 4 heteroatoms. The summed E-state index contributed by atoms with van der Waals surface area (Å²) in [5, 5.41) is 0. The summed E-state index contributed by atoms with van der Waals surface area (Å²) in [6.45, 7) is 11.8. The van der Waals surface area contributed by atoms with E-state index >= 15 is 0 Å². The molecule has 2 fully saturated rings. The van der Waals surface area contributed by atoms with Crippen LogP contribution in [0.2, 0.25) is 0 Å². The van der Waals surface area contributed by atoms with Gasteiger partial charge in [-0.2, -0.15) is 0 Å². The summed E-state index contributed by atoms with van der Waals surface area (Å²) in [6, 6.07) is 8.79. The molecule has 0 radical (unpaired) electrons. The average molecular weight is 344 g/mol. The third-order valence-corrected chi connectivity index (χ3v) is 5.88. The van der Waals surface area contributed by atoms with E-state index in [1.807, 2.05) is 18.2 Å². The fourth-order valence-corrected chi connectivity index (χ4v) is 4.38. The Morgan fingerprint density at radius 2 is 1.88 bits per heavy atom. The fraction of sp³-hybridized carbons (Fsp3) is 0.667. The van der Waals surface area contributed by atoms with Gasteiger partial charge >= 0.3 is 0 Å². The molecule has 25 heavy (non-hydrogen) atoms. The third-order valence-electron chi connectivity index (χ3n) is 5.88. The SMILES string of the molecule is CCc1ccccc1C(=O)N1CCCN(CC2CCCN2CC)CC1. The number of hydrogen-bond acceptors (Lipinski definition) is 3. The predicted molar refractivity (Wildman–Crippen MR) is 103 cm³/mol. The molecule has 1 atom stereocenters. The van der Waals surface area contributed by atoms with Crippen molar-refractivity contribution >= 4 is 5.91 Å². The molecule has 0 spiro atoms. The quantitative estimate of drug-likeness (QED) is 0.822. The molecule has 1 unspecified atom stereocenters. The van der Waals surface area contributed by atoms with Crippen LogP contribution in [0.4, 0.5) is 0 Å². The van der Waals surface area contributed by atoms with Crippen LogP contribution in [0.1, 0.15) is 49.0 Å². The lowest BCUT2D eigenvalue weighted by molar-refractivity contribution is 0.0758. The van der Waals surface area contributed by atoms with Crippen LogP contribution in [0, 0.1) is 0 Å². The minimum atomic E-state index is 0.218. The van der Waals surface area contributed by atoms with Gasteiger partial charge in [0, 0.05) is 37.8 Å². The Labute approximate surface area is 152 Å². The van der Waals surface area contributed by atoms with Crippen LogP contribution in [0.5, 0.6) is 0 Å². The highest BCUT2D eigenvalue weighted by Crippen LogP contribution is 2.19. The van der Waals surface area contributed by atoms with E-state index in [1.165, 1.54) is 25.9 Å². The topological polar surface area (TPSA) is 26.8 Å². The molecule has 138 valence electrons. The first-order valence-electron chi connectivity index (χ1n) is 10.1. The highest BCUT2D eigenvalue weighted by Gasteiger charge is 2.27. The van der Waals surface area contributed by atoms with Gasteiger partial charge in [-0.3, -0.25) is 14.6 Å². The van der Waals surface area contributed by atoms with Gasteiger partial charge in [-0.1, -0.05) is 32.0 Å². The van der Waals surface area contributed by atoms with Crippen LogP contribution in [-0.4, -0.2) is 72.5 Å². The number of benzene rings is 1. The molecule has 0 aromatic heterocycles. The number of amides is 1. The molecule has 0 saturated carbocycles. The van der Waals surface area contributed by atoms with Gasteiger partial charge in [-0.15, -0.1) is 0 Å². The normalized spacial score (nSPS) is 23.0. The number of carbonyl (C=O) groups excluding carboxylic acids is 1. The second kappa shape index (κ2) is 8.81. The lowest BCUT2D eigenvalue weighted by Gasteiger charge is -2.29. The van der Waals surface area contributed by atoms with E-state index in [2.05, 4.69) is 34.6 Å². The third kappa shape index (κ3) is 4.42. The number of likely N-dealkylation sites (N-methyl/N-ethyl adjacent to an activating group) is 1. The van der Waals surface area contributed by atoms with E-state index in [4.69, 9.17) is 0 Å². The number of likely N-dealkylation sites (tertiary alicyclic amines) is 1. The maximum atomic E-state index is 13.0. The van der Waals surface area contributed by atoms with Crippen LogP contribution >= 0.6 is 0 Å². The number of carbonyl (C=O) groups is 1. The van der Waals surface area contributed by atoms with Crippen molar-refractivity contribution in [3.8, 4) is 0 Å². The smallest absolute Gasteiger partial charge is 0.254 e. The van der Waals surface area contributed by atoms with Crippen molar-refractivity contribution in [3.05, 3.63) is 35.4 Å². The number of aryl methyl sites for hydroxylation is 1. The maximum Gasteiger partial charge on any atom is 0.254 e. The zero-order valence-electron chi connectivity index (χ0n) is 15.9. The van der Waals surface area contributed by atoms with Crippen LogP contribution in [0.25, 0.3) is 0 Å². The molecule has 2 heterocycles. The van der Waals surface area contributed by atoms with Gasteiger partial charge in [0.25, 0.3) is 5.91 Å². The molecular weight excluding hydrogens is 310 g/mol. The molecule has 0 aliphatic carbocycles. The summed E-state index contributed by atoms with van der Waals surface area (Å²) in [4.78, 5) is 20.2. The second-order valence-electron chi connectivity index (χ2n) is 7.38. The standard InChI is InChI=1S/C21H33N3O/c1-3-18-9-5-6-11-20(18)21(25)24-14-8-12-22(15-16-24)17-19-10-7-13-23(19)4-2/h5-6,9,11,19H,3-4,7-8,10,12-17H2,1-2H3. The van der Waals surface area contributed by atoms with Gasteiger partial charge in [0.05, 0.1) is 0 Å². The molecule has 0 N–H and O–H groups in total. The zero-order chi connectivity index (χ0) is 17.6. The van der Waals surface area contributed by atoms with Gasteiger partial charge in [0.1, 0.15) is 0 Å². The van der Waals surface area contributed by atoms with E-state index in [9.17, 15) is 4.79 Å². The Morgan fingerprint density at radius 3 is 2.68 bits per heavy atom. The number of nitrogens with zero attached hydrogens (tertiary/aromatic N) is 3. The molecule has 4 nitrogen and oxygen atoms in total. The number of rotatable bonds is 5. The first-order valence-corrected chi connectivity index (χ1v) is 10.1. The first-order chi connectivity index (χ1) is 12.2. The highest BCUT2D eigenvalue weighted by atomic mass is 16.2. The van der Waals surface area contributed by atoms with Gasteiger partial charge in [0.15, 0.2) is 0 Å². The van der Waals surface area contributed by atoms with Crippen LogP contribution in [0.3, 0.4) is 0 Å². The summed E-state index contributed by atoms with van der Waals surface area (Å²) < 4.78 is 0. The van der Waals surface area contributed by atoms with Crippen molar-refractivity contribution < 1.29 is 4.79 Å². The van der Waals surface area contributed by atoms with Crippen molar-refractivity contribution in [1.29, 1.82) is 0 Å². The lowest BCUT2D eigenvalue weighted by Crippen LogP contribution is -2.42. The predicted octanol–water partition coefficient (Wildman–Crippen LogP) is 2.88. The monoisotopic (exact) mass is 343 g/mol. The van der Waals surface area contributed by atoms with Crippen molar-refractivity contribution in [2.75, 3.05) is 45.8 Å². The second-order valence-corrected chi connectivity index (χ2v) is 7.38. The minimum Gasteiger partial charge on any atom is -0.337 e. The molecule has 2 saturated heterocycles.